The molecule has 2 heteroatoms. The smallest absolute Gasteiger partial charge is 0.0464 e. The molecule has 0 aliphatic rings. The summed E-state index contributed by atoms with van der Waals surface area (Å²) in [5, 5.41) is 0. The van der Waals surface area contributed by atoms with E-state index < -0.39 is 0 Å². The van der Waals surface area contributed by atoms with Gasteiger partial charge in [0.25, 0.3) is 0 Å². The van der Waals surface area contributed by atoms with Gasteiger partial charge in [-0.3, -0.25) is 0 Å². The van der Waals surface area contributed by atoms with Gasteiger partial charge >= 0.3 is 0 Å². The summed E-state index contributed by atoms with van der Waals surface area (Å²) < 4.78 is 0. The van der Waals surface area contributed by atoms with Gasteiger partial charge in [0.2, 0.25) is 0 Å². The monoisotopic (exact) mass is 544 g/mol. The van der Waals surface area contributed by atoms with E-state index in [9.17, 15) is 0 Å². The Bertz CT molecular complexity index is 1590. The number of benzene rings is 6. The second-order valence-corrected chi connectivity index (χ2v) is 11.1. The number of hydrogen-bond donors (Lipinski definition) is 0. The van der Waals surface area contributed by atoms with Crippen LogP contribution in [0.15, 0.2) is 146 Å². The fraction of sp³-hybridized carbons (Fsp3) is 0.100. The summed E-state index contributed by atoms with van der Waals surface area (Å²) in [5.74, 6) is 0. The quantitative estimate of drug-likeness (QED) is 0.197. The highest BCUT2D eigenvalue weighted by molar-refractivity contribution is 5.81. The van der Waals surface area contributed by atoms with Crippen molar-refractivity contribution in [3.8, 4) is 11.1 Å². The fourth-order valence-corrected chi connectivity index (χ4v) is 5.57. The van der Waals surface area contributed by atoms with Crippen LogP contribution in [0.3, 0.4) is 0 Å². The summed E-state index contributed by atoms with van der Waals surface area (Å²) in [4.78, 5) is 4.66. The minimum Gasteiger partial charge on any atom is -0.310 e. The van der Waals surface area contributed by atoms with Crippen LogP contribution in [-0.4, -0.2) is 0 Å². The Labute approximate surface area is 250 Å². The molecule has 0 unspecified atom stereocenters. The highest BCUT2D eigenvalue weighted by Crippen LogP contribution is 2.38. The Morgan fingerprint density at radius 2 is 0.548 bits per heavy atom. The van der Waals surface area contributed by atoms with Crippen molar-refractivity contribution in [2.24, 2.45) is 0 Å². The van der Waals surface area contributed by atoms with E-state index in [1.54, 1.807) is 0 Å². The topological polar surface area (TPSA) is 6.48 Å². The van der Waals surface area contributed by atoms with Crippen LogP contribution in [0.25, 0.3) is 11.1 Å². The molecule has 0 N–H and O–H groups in total. The van der Waals surface area contributed by atoms with E-state index in [0.29, 0.717) is 0 Å². The highest BCUT2D eigenvalue weighted by atomic mass is 15.1. The molecule has 0 aliphatic carbocycles. The maximum atomic E-state index is 2.33. The molecule has 0 aliphatic heterocycles. The summed E-state index contributed by atoms with van der Waals surface area (Å²) in [5.41, 5.74) is 14.3. The van der Waals surface area contributed by atoms with Crippen LogP contribution in [0.4, 0.5) is 34.1 Å². The summed E-state index contributed by atoms with van der Waals surface area (Å²) in [7, 11) is 0. The molecule has 6 aromatic rings. The number of nitrogens with zero attached hydrogens (tertiary/aromatic N) is 2. The van der Waals surface area contributed by atoms with Gasteiger partial charge in [-0.15, -0.1) is 0 Å². The standard InChI is InChI=1S/C40H36N2/c1-29-9-5-13-37(25-29)41(38-14-6-10-30(2)26-38)35-21-17-33(18-22-35)34-19-23-36(24-20-34)42(39-15-7-11-31(3)27-39)40-16-8-12-32(4)28-40/h5-28H,1-4H3. The summed E-state index contributed by atoms with van der Waals surface area (Å²) >= 11 is 0. The number of rotatable bonds is 7. The first-order valence-corrected chi connectivity index (χ1v) is 14.5. The normalized spacial score (nSPS) is 10.9. The van der Waals surface area contributed by atoms with E-state index in [2.05, 4.69) is 183 Å². The second kappa shape index (κ2) is 11.8. The molecule has 0 fully saturated rings. The summed E-state index contributed by atoms with van der Waals surface area (Å²) in [6.45, 7) is 8.57. The largest absolute Gasteiger partial charge is 0.310 e. The van der Waals surface area contributed by atoms with E-state index in [-0.39, 0.29) is 0 Å². The first-order chi connectivity index (χ1) is 20.4. The molecule has 6 aromatic carbocycles. The van der Waals surface area contributed by atoms with E-state index in [1.165, 1.54) is 33.4 Å². The first kappa shape index (κ1) is 27.1. The Hall–Kier alpha value is -5.08. The van der Waals surface area contributed by atoms with Crippen LogP contribution in [0.1, 0.15) is 22.3 Å². The average Bonchev–Trinajstić information content (AvgIpc) is 2.99. The molecule has 0 spiro atoms. The third-order valence-corrected chi connectivity index (χ3v) is 7.62. The lowest BCUT2D eigenvalue weighted by Gasteiger charge is -2.27. The van der Waals surface area contributed by atoms with Crippen LogP contribution >= 0.6 is 0 Å². The van der Waals surface area contributed by atoms with Gasteiger partial charge in [0.1, 0.15) is 0 Å². The Morgan fingerprint density at radius 1 is 0.286 bits per heavy atom. The molecule has 0 amide bonds. The third kappa shape index (κ3) is 5.84. The van der Waals surface area contributed by atoms with E-state index >= 15 is 0 Å². The molecule has 42 heavy (non-hydrogen) atoms. The molecule has 0 atom stereocenters. The van der Waals surface area contributed by atoms with Gasteiger partial charge in [-0.05, 0) is 134 Å². The summed E-state index contributed by atoms with van der Waals surface area (Å²) in [6.07, 6.45) is 0. The molecule has 0 aromatic heterocycles. The van der Waals surface area contributed by atoms with Gasteiger partial charge in [0.05, 0.1) is 0 Å². The predicted molar refractivity (Wildman–Crippen MR) is 180 cm³/mol. The fourth-order valence-electron chi connectivity index (χ4n) is 5.57. The number of aryl methyl sites for hydroxylation is 4. The zero-order valence-electron chi connectivity index (χ0n) is 24.8. The Morgan fingerprint density at radius 3 is 0.786 bits per heavy atom. The summed E-state index contributed by atoms with van der Waals surface area (Å²) in [6, 6.07) is 52.5. The van der Waals surface area contributed by atoms with Crippen LogP contribution in [0, 0.1) is 27.7 Å². The van der Waals surface area contributed by atoms with Gasteiger partial charge in [-0.25, -0.2) is 0 Å². The highest BCUT2D eigenvalue weighted by Gasteiger charge is 2.15. The molecule has 0 heterocycles. The van der Waals surface area contributed by atoms with Crippen LogP contribution < -0.4 is 9.80 Å². The Kier molecular flexibility index (Phi) is 7.62. The van der Waals surface area contributed by atoms with Gasteiger partial charge in [-0.1, -0.05) is 72.8 Å². The third-order valence-electron chi connectivity index (χ3n) is 7.62. The lowest BCUT2D eigenvalue weighted by atomic mass is 10.0. The lowest BCUT2D eigenvalue weighted by molar-refractivity contribution is 1.26. The van der Waals surface area contributed by atoms with Crippen molar-refractivity contribution in [1.82, 2.24) is 0 Å². The van der Waals surface area contributed by atoms with Crippen LogP contribution in [0.2, 0.25) is 0 Å². The van der Waals surface area contributed by atoms with Crippen LogP contribution in [0.5, 0.6) is 0 Å². The van der Waals surface area contributed by atoms with Crippen molar-refractivity contribution in [3.63, 3.8) is 0 Å². The molecular weight excluding hydrogens is 508 g/mol. The van der Waals surface area contributed by atoms with E-state index in [4.69, 9.17) is 0 Å². The van der Waals surface area contributed by atoms with Crippen molar-refractivity contribution in [1.29, 1.82) is 0 Å². The minimum absolute atomic E-state index is 1.14. The SMILES string of the molecule is Cc1cccc(N(c2ccc(-c3ccc(N(c4cccc(C)c4)c4cccc(C)c4)cc3)cc2)c2cccc(C)c2)c1. The Balaban J connectivity index is 1.33. The predicted octanol–water partition coefficient (Wildman–Crippen LogP) is 11.5. The first-order valence-electron chi connectivity index (χ1n) is 14.5. The average molecular weight is 545 g/mol. The van der Waals surface area contributed by atoms with Crippen molar-refractivity contribution in [2.45, 2.75) is 27.7 Å². The molecule has 206 valence electrons. The molecule has 0 radical (unpaired) electrons. The molecule has 0 bridgehead atoms. The molecule has 2 nitrogen and oxygen atoms in total. The van der Waals surface area contributed by atoms with Crippen molar-refractivity contribution in [3.05, 3.63) is 168 Å². The zero-order chi connectivity index (χ0) is 29.1. The number of hydrogen-bond acceptors (Lipinski definition) is 2. The maximum Gasteiger partial charge on any atom is 0.0464 e. The van der Waals surface area contributed by atoms with Crippen LogP contribution in [-0.2, 0) is 0 Å². The van der Waals surface area contributed by atoms with Gasteiger partial charge in [0.15, 0.2) is 0 Å². The van der Waals surface area contributed by atoms with E-state index in [0.717, 1.165) is 34.1 Å². The zero-order valence-corrected chi connectivity index (χ0v) is 24.8. The van der Waals surface area contributed by atoms with Crippen molar-refractivity contribution >= 4 is 34.1 Å². The lowest BCUT2D eigenvalue weighted by Crippen LogP contribution is -2.10. The second-order valence-electron chi connectivity index (χ2n) is 11.1. The van der Waals surface area contributed by atoms with Gasteiger partial charge in [-0.2, -0.15) is 0 Å². The van der Waals surface area contributed by atoms with Crippen molar-refractivity contribution < 1.29 is 0 Å². The maximum absolute atomic E-state index is 2.33. The van der Waals surface area contributed by atoms with Crippen molar-refractivity contribution in [2.75, 3.05) is 9.80 Å². The molecule has 0 saturated heterocycles. The molecule has 0 saturated carbocycles. The van der Waals surface area contributed by atoms with E-state index in [1.807, 2.05) is 0 Å². The minimum atomic E-state index is 1.14. The van der Waals surface area contributed by atoms with Gasteiger partial charge in [0, 0.05) is 34.1 Å². The van der Waals surface area contributed by atoms with Gasteiger partial charge < -0.3 is 9.80 Å². The molecular formula is C40H36N2. The molecule has 6 rings (SSSR count). The number of anilines is 6.